The van der Waals surface area contributed by atoms with Crippen LogP contribution in [0.1, 0.15) is 69.2 Å². The van der Waals surface area contributed by atoms with Crippen molar-refractivity contribution < 1.29 is 9.53 Å². The molecular formula is C22H32N5O3-. The number of aromatic nitrogens is 2. The molecule has 2 aliphatic rings. The first-order valence-electron chi connectivity index (χ1n) is 10.7. The van der Waals surface area contributed by atoms with Crippen molar-refractivity contribution in [1.82, 2.24) is 20.3 Å². The fourth-order valence-electron chi connectivity index (χ4n) is 5.38. The van der Waals surface area contributed by atoms with Gasteiger partial charge in [0, 0.05) is 17.7 Å². The van der Waals surface area contributed by atoms with Gasteiger partial charge in [0.1, 0.15) is 11.3 Å². The number of imidazole rings is 1. The van der Waals surface area contributed by atoms with Crippen LogP contribution in [0, 0.1) is 11.1 Å². The maximum Gasteiger partial charge on any atom is 0.250 e. The van der Waals surface area contributed by atoms with E-state index in [9.17, 15) is 10.0 Å². The number of nitrogens with two attached hydrogens (primary N) is 1. The van der Waals surface area contributed by atoms with Crippen LogP contribution in [0.15, 0.2) is 18.2 Å². The van der Waals surface area contributed by atoms with Crippen LogP contribution < -0.4 is 11.1 Å². The maximum atomic E-state index is 12.6. The van der Waals surface area contributed by atoms with Gasteiger partial charge in [-0.2, -0.15) is 0 Å². The number of benzene rings is 1. The fraction of sp³-hybridized carbons (Fsp3) is 0.636. The number of aromatic amines is 1. The van der Waals surface area contributed by atoms with Crippen LogP contribution in [0.5, 0.6) is 0 Å². The molecule has 30 heavy (non-hydrogen) atoms. The molecule has 0 bridgehead atoms. The average molecular weight is 415 g/mol. The van der Waals surface area contributed by atoms with Crippen LogP contribution in [-0.2, 0) is 4.74 Å². The van der Waals surface area contributed by atoms with Gasteiger partial charge in [-0.1, -0.05) is 6.07 Å². The minimum atomic E-state index is -0.485. The first-order valence-corrected chi connectivity index (χ1v) is 10.7. The summed E-state index contributed by atoms with van der Waals surface area (Å²) in [4.78, 5) is 19.7. The maximum absolute atomic E-state index is 12.6. The van der Waals surface area contributed by atoms with Gasteiger partial charge in [0.15, 0.2) is 0 Å². The molecule has 0 aliphatic carbocycles. The van der Waals surface area contributed by atoms with Crippen LogP contribution in [-0.4, -0.2) is 51.3 Å². The topological polar surface area (TPSA) is 119 Å². The van der Waals surface area contributed by atoms with E-state index in [2.05, 4.69) is 15.3 Å². The molecule has 1 amide bonds. The van der Waals surface area contributed by atoms with Crippen LogP contribution in [0.25, 0.3) is 11.0 Å². The Labute approximate surface area is 177 Å². The highest BCUT2D eigenvalue weighted by atomic mass is 16.5. The number of H-pyrrole nitrogens is 1. The molecular weight excluding hydrogens is 382 g/mol. The SMILES string of the molecule is CC1(C)CC(COC2CCNC2c2nc3c(C(N)=O)cccc3[nH]2)CC(C)(C)N1[O-]. The van der Waals surface area contributed by atoms with Gasteiger partial charge in [-0.3, -0.25) is 4.79 Å². The third kappa shape index (κ3) is 3.85. The third-order valence-electron chi connectivity index (χ3n) is 6.48. The molecule has 4 N–H and O–H groups in total. The number of para-hydroxylation sites is 1. The van der Waals surface area contributed by atoms with Gasteiger partial charge < -0.3 is 31.0 Å². The smallest absolute Gasteiger partial charge is 0.250 e. The molecule has 2 aliphatic heterocycles. The monoisotopic (exact) mass is 414 g/mol. The van der Waals surface area contributed by atoms with E-state index in [4.69, 9.17) is 10.5 Å². The lowest BCUT2D eigenvalue weighted by Crippen LogP contribution is -2.58. The predicted octanol–water partition coefficient (Wildman–Crippen LogP) is 2.85. The fourth-order valence-corrected chi connectivity index (χ4v) is 5.38. The molecule has 2 unspecified atom stereocenters. The van der Waals surface area contributed by atoms with Gasteiger partial charge in [0.2, 0.25) is 0 Å². The van der Waals surface area contributed by atoms with Crippen LogP contribution in [0.2, 0.25) is 0 Å². The Balaban J connectivity index is 1.48. The Morgan fingerprint density at radius 2 is 2.00 bits per heavy atom. The van der Waals surface area contributed by atoms with Crippen LogP contribution in [0.3, 0.4) is 0 Å². The number of nitrogens with one attached hydrogen (secondary N) is 2. The molecule has 8 nitrogen and oxygen atoms in total. The highest BCUT2D eigenvalue weighted by Gasteiger charge is 2.41. The predicted molar refractivity (Wildman–Crippen MR) is 116 cm³/mol. The number of hydrogen-bond donors (Lipinski definition) is 3. The lowest BCUT2D eigenvalue weighted by Gasteiger charge is -2.60. The number of ether oxygens (including phenoxy) is 1. The van der Waals surface area contributed by atoms with Crippen LogP contribution >= 0.6 is 0 Å². The average Bonchev–Trinajstić information content (AvgIpc) is 3.29. The number of rotatable bonds is 5. The van der Waals surface area contributed by atoms with Crippen molar-refractivity contribution in [3.05, 3.63) is 34.8 Å². The molecule has 2 fully saturated rings. The van der Waals surface area contributed by atoms with E-state index in [0.717, 1.165) is 37.1 Å². The Morgan fingerprint density at radius 1 is 1.30 bits per heavy atom. The Hall–Kier alpha value is -2.00. The number of carbonyl (C=O) groups is 1. The van der Waals surface area contributed by atoms with E-state index in [-0.39, 0.29) is 12.1 Å². The van der Waals surface area contributed by atoms with Gasteiger partial charge in [-0.25, -0.2) is 4.98 Å². The quantitative estimate of drug-likeness (QED) is 0.692. The molecule has 1 aromatic carbocycles. The van der Waals surface area contributed by atoms with Gasteiger partial charge in [-0.05, 0) is 71.6 Å². The highest BCUT2D eigenvalue weighted by Crippen LogP contribution is 2.41. The summed E-state index contributed by atoms with van der Waals surface area (Å²) < 4.78 is 6.37. The Morgan fingerprint density at radius 3 is 2.67 bits per heavy atom. The summed E-state index contributed by atoms with van der Waals surface area (Å²) in [5, 5.41) is 17.3. The second-order valence-corrected chi connectivity index (χ2v) is 9.97. The van der Waals surface area contributed by atoms with Crippen LogP contribution in [0.4, 0.5) is 0 Å². The summed E-state index contributed by atoms with van der Waals surface area (Å²) in [6.45, 7) is 9.51. The third-order valence-corrected chi connectivity index (χ3v) is 6.48. The largest absolute Gasteiger partial charge is 0.784 e. The zero-order chi connectivity index (χ0) is 21.7. The normalized spacial score (nSPS) is 27.0. The van der Waals surface area contributed by atoms with E-state index >= 15 is 0 Å². The Kier molecular flexibility index (Phi) is 5.38. The lowest BCUT2D eigenvalue weighted by molar-refractivity contribution is -0.0550. The number of piperidine rings is 1. The number of hydroxylamine groups is 2. The second-order valence-electron chi connectivity index (χ2n) is 9.97. The van der Waals surface area contributed by atoms with Crippen molar-refractivity contribution in [3.63, 3.8) is 0 Å². The van der Waals surface area contributed by atoms with E-state index in [1.807, 2.05) is 33.8 Å². The highest BCUT2D eigenvalue weighted by molar-refractivity contribution is 6.04. The van der Waals surface area contributed by atoms with Crippen molar-refractivity contribution in [2.24, 2.45) is 11.7 Å². The van der Waals surface area contributed by atoms with Gasteiger partial charge in [0.25, 0.3) is 5.91 Å². The number of carbonyl (C=O) groups excluding carboxylic acids is 1. The lowest BCUT2D eigenvalue weighted by atomic mass is 9.75. The molecule has 1 aromatic heterocycles. The van der Waals surface area contributed by atoms with E-state index in [0.29, 0.717) is 23.6 Å². The van der Waals surface area contributed by atoms with E-state index < -0.39 is 17.0 Å². The number of amides is 1. The molecule has 8 heteroatoms. The molecule has 2 saturated heterocycles. The van der Waals surface area contributed by atoms with E-state index in [1.54, 1.807) is 12.1 Å². The summed E-state index contributed by atoms with van der Waals surface area (Å²) in [6, 6.07) is 5.31. The number of fused-ring (bicyclic) bond motifs is 1. The van der Waals surface area contributed by atoms with Gasteiger partial charge >= 0.3 is 0 Å². The first-order chi connectivity index (χ1) is 14.1. The molecule has 3 heterocycles. The van der Waals surface area contributed by atoms with Crippen molar-refractivity contribution in [2.75, 3.05) is 13.2 Å². The molecule has 0 spiro atoms. The van der Waals surface area contributed by atoms with Gasteiger partial charge in [0.05, 0.1) is 23.2 Å². The summed E-state index contributed by atoms with van der Waals surface area (Å²) in [6.07, 6.45) is 2.51. The summed E-state index contributed by atoms with van der Waals surface area (Å²) in [5.41, 5.74) is 6.51. The van der Waals surface area contributed by atoms with Crippen molar-refractivity contribution in [3.8, 4) is 0 Å². The number of hydrogen-bond acceptors (Lipinski definition) is 6. The van der Waals surface area contributed by atoms with E-state index in [1.165, 1.54) is 5.06 Å². The summed E-state index contributed by atoms with van der Waals surface area (Å²) in [7, 11) is 0. The number of primary amides is 1. The molecule has 164 valence electrons. The van der Waals surface area contributed by atoms with Crippen molar-refractivity contribution in [1.29, 1.82) is 0 Å². The van der Waals surface area contributed by atoms with Crippen molar-refractivity contribution >= 4 is 16.9 Å². The second kappa shape index (κ2) is 7.60. The first kappa shape index (κ1) is 21.2. The van der Waals surface area contributed by atoms with Gasteiger partial charge in [-0.15, -0.1) is 0 Å². The van der Waals surface area contributed by atoms with Crippen molar-refractivity contribution in [2.45, 2.75) is 70.2 Å². The molecule has 0 saturated carbocycles. The molecule has 2 aromatic rings. The molecule has 0 radical (unpaired) electrons. The summed E-state index contributed by atoms with van der Waals surface area (Å²) >= 11 is 0. The molecule has 4 rings (SSSR count). The summed E-state index contributed by atoms with van der Waals surface area (Å²) in [5.74, 6) is 0.607. The standard InChI is InChI=1S/C22H32N5O3/c1-21(2)10-13(11-22(3,4)27(21)29)12-30-16-8-9-24-18(16)20-25-15-7-5-6-14(19(23)28)17(15)26-20/h5-7,13,16,18,24H,8-12H2,1-4H3,(H2,23,28)(H,25,26)/q-1. The minimum absolute atomic E-state index is 0.0147. The zero-order valence-electron chi connectivity index (χ0n) is 18.2. The Bertz CT molecular complexity index is 920. The molecule has 2 atom stereocenters. The minimum Gasteiger partial charge on any atom is -0.784 e. The number of nitrogens with zero attached hydrogens (tertiary/aromatic N) is 2. The zero-order valence-corrected chi connectivity index (χ0v) is 18.2.